The maximum Gasteiger partial charge on any atom is 0.163 e. The molecular formula is C36H36O9. The number of benzene rings is 3. The molecule has 3 aliphatic rings. The highest BCUT2D eigenvalue weighted by atomic mass is 16.5. The first kappa shape index (κ1) is 30.1. The molecule has 9 nitrogen and oxygen atoms in total. The molecule has 3 aromatic carbocycles. The van der Waals surface area contributed by atoms with Gasteiger partial charge in [-0.05, 0) is 64.9 Å². The van der Waals surface area contributed by atoms with Crippen molar-refractivity contribution >= 4 is 11.6 Å². The zero-order valence-corrected chi connectivity index (χ0v) is 26.0. The number of Topliss-reactive ketones (excluding diaryl/α,β-unsaturated/α-hetero) is 2. The van der Waals surface area contributed by atoms with Gasteiger partial charge in [-0.1, -0.05) is 18.2 Å². The normalized spacial score (nSPS) is 21.0. The van der Waals surface area contributed by atoms with E-state index in [2.05, 4.69) is 0 Å². The van der Waals surface area contributed by atoms with Crippen LogP contribution in [0.4, 0.5) is 0 Å². The molecule has 234 valence electrons. The predicted octanol–water partition coefficient (Wildman–Crippen LogP) is 6.35. The first-order chi connectivity index (χ1) is 21.8. The first-order valence-electron chi connectivity index (χ1n) is 14.8. The lowest BCUT2D eigenvalue weighted by atomic mass is 9.69. The minimum atomic E-state index is -0.643. The van der Waals surface area contributed by atoms with Crippen molar-refractivity contribution in [2.75, 3.05) is 35.5 Å². The van der Waals surface area contributed by atoms with E-state index >= 15 is 0 Å². The Morgan fingerprint density at radius 3 is 1.42 bits per heavy atom. The smallest absolute Gasteiger partial charge is 0.163 e. The summed E-state index contributed by atoms with van der Waals surface area (Å²) in [5.41, 5.74) is 3.51. The van der Waals surface area contributed by atoms with E-state index in [-0.39, 0.29) is 47.7 Å². The fraction of sp³-hybridized carbons (Fsp3) is 0.333. The maximum atomic E-state index is 14.1. The van der Waals surface area contributed by atoms with Crippen LogP contribution in [0, 0.1) is 0 Å². The van der Waals surface area contributed by atoms with Gasteiger partial charge in [0, 0.05) is 42.7 Å². The van der Waals surface area contributed by atoms with Crippen LogP contribution in [0.5, 0.6) is 34.5 Å². The molecule has 0 saturated carbocycles. The predicted molar refractivity (Wildman–Crippen MR) is 166 cm³/mol. The number of phenols is 1. The Bertz CT molecular complexity index is 1630. The van der Waals surface area contributed by atoms with Gasteiger partial charge in [-0.3, -0.25) is 9.59 Å². The fourth-order valence-corrected chi connectivity index (χ4v) is 6.81. The Morgan fingerprint density at radius 1 is 0.556 bits per heavy atom. The Kier molecular flexibility index (Phi) is 8.18. The summed E-state index contributed by atoms with van der Waals surface area (Å²) in [5, 5.41) is 10.3. The molecule has 2 unspecified atom stereocenters. The van der Waals surface area contributed by atoms with Crippen LogP contribution in [-0.2, 0) is 14.3 Å². The molecule has 0 fully saturated rings. The molecule has 0 spiro atoms. The Balaban J connectivity index is 1.43. The van der Waals surface area contributed by atoms with Gasteiger partial charge in [-0.2, -0.15) is 0 Å². The van der Waals surface area contributed by atoms with Crippen LogP contribution in [0.15, 0.2) is 77.3 Å². The molecule has 0 amide bonds. The molecule has 2 atom stereocenters. The highest BCUT2D eigenvalue weighted by molar-refractivity contribution is 6.06. The molecule has 0 aromatic heterocycles. The van der Waals surface area contributed by atoms with E-state index in [1.54, 1.807) is 40.6 Å². The number of hydrogen-bond donors (Lipinski definition) is 1. The largest absolute Gasteiger partial charge is 0.504 e. The molecule has 45 heavy (non-hydrogen) atoms. The average Bonchev–Trinajstić information content (AvgIpc) is 3.06. The monoisotopic (exact) mass is 612 g/mol. The highest BCUT2D eigenvalue weighted by Gasteiger charge is 2.45. The highest BCUT2D eigenvalue weighted by Crippen LogP contribution is 2.53. The van der Waals surface area contributed by atoms with Gasteiger partial charge in [-0.15, -0.1) is 0 Å². The number of rotatable bonds is 8. The van der Waals surface area contributed by atoms with Crippen molar-refractivity contribution < 1.29 is 43.1 Å². The standard InChI is InChI=1S/C36H36O9/c1-40-27-10-7-19(14-30(27)43-4)22-12-25(38)35-32(17-22)45-33-18-23(20-8-11-28(41-2)31(15-20)44-5)13-26(39)36(33)34(35)21-6-9-24(37)29(16-21)42-3/h6-11,14-16,22-23,34,37H,12-13,17-18H2,1-5H3. The van der Waals surface area contributed by atoms with Gasteiger partial charge < -0.3 is 33.5 Å². The zero-order chi connectivity index (χ0) is 31.8. The Labute approximate surface area is 262 Å². The van der Waals surface area contributed by atoms with Crippen LogP contribution >= 0.6 is 0 Å². The van der Waals surface area contributed by atoms with E-state index in [0.29, 0.717) is 64.1 Å². The van der Waals surface area contributed by atoms with Crippen LogP contribution < -0.4 is 23.7 Å². The Morgan fingerprint density at radius 2 is 0.978 bits per heavy atom. The summed E-state index contributed by atoms with van der Waals surface area (Å²) in [4.78, 5) is 28.1. The summed E-state index contributed by atoms with van der Waals surface area (Å²) in [6, 6.07) is 16.3. The molecule has 0 radical (unpaired) electrons. The van der Waals surface area contributed by atoms with Gasteiger partial charge >= 0.3 is 0 Å². The number of carbonyl (C=O) groups is 2. The molecule has 0 saturated heterocycles. The third-order valence-corrected chi connectivity index (χ3v) is 9.05. The summed E-state index contributed by atoms with van der Waals surface area (Å²) < 4.78 is 33.9. The van der Waals surface area contributed by atoms with E-state index in [1.807, 2.05) is 36.4 Å². The average molecular weight is 613 g/mol. The molecule has 6 rings (SSSR count). The molecule has 1 N–H and O–H groups in total. The van der Waals surface area contributed by atoms with E-state index in [9.17, 15) is 14.7 Å². The molecule has 2 aliphatic carbocycles. The fourth-order valence-electron chi connectivity index (χ4n) is 6.81. The van der Waals surface area contributed by atoms with Crippen LogP contribution in [-0.4, -0.2) is 52.2 Å². The topological polar surface area (TPSA) is 110 Å². The van der Waals surface area contributed by atoms with Gasteiger partial charge in [0.25, 0.3) is 0 Å². The molecular weight excluding hydrogens is 576 g/mol. The van der Waals surface area contributed by atoms with Crippen LogP contribution in [0.25, 0.3) is 0 Å². The lowest BCUT2D eigenvalue weighted by Crippen LogP contribution is -2.33. The van der Waals surface area contributed by atoms with Crippen molar-refractivity contribution in [3.05, 3.63) is 94.0 Å². The number of hydrogen-bond acceptors (Lipinski definition) is 9. The zero-order valence-electron chi connectivity index (χ0n) is 26.0. The quantitative estimate of drug-likeness (QED) is 0.311. The molecule has 1 aliphatic heterocycles. The summed E-state index contributed by atoms with van der Waals surface area (Å²) in [7, 11) is 7.80. The summed E-state index contributed by atoms with van der Waals surface area (Å²) >= 11 is 0. The van der Waals surface area contributed by atoms with Gasteiger partial charge in [0.2, 0.25) is 0 Å². The van der Waals surface area contributed by atoms with Gasteiger partial charge in [0.05, 0.1) is 35.5 Å². The van der Waals surface area contributed by atoms with Crippen molar-refractivity contribution in [3.8, 4) is 34.5 Å². The molecule has 9 heteroatoms. The number of methoxy groups -OCH3 is 5. The first-order valence-corrected chi connectivity index (χ1v) is 14.8. The van der Waals surface area contributed by atoms with E-state index in [0.717, 1.165) is 11.1 Å². The summed E-state index contributed by atoms with van der Waals surface area (Å²) in [5.74, 6) is 2.60. The minimum Gasteiger partial charge on any atom is -0.504 e. The van der Waals surface area contributed by atoms with Gasteiger partial charge in [0.1, 0.15) is 11.5 Å². The van der Waals surface area contributed by atoms with Crippen molar-refractivity contribution in [3.63, 3.8) is 0 Å². The number of aromatic hydroxyl groups is 1. The Hall–Kier alpha value is -4.92. The maximum absolute atomic E-state index is 14.1. The van der Waals surface area contributed by atoms with E-state index in [4.69, 9.17) is 28.4 Å². The second kappa shape index (κ2) is 12.2. The van der Waals surface area contributed by atoms with Crippen molar-refractivity contribution in [2.24, 2.45) is 0 Å². The van der Waals surface area contributed by atoms with Crippen LogP contribution in [0.3, 0.4) is 0 Å². The number of carbonyl (C=O) groups excluding carboxylic acids is 2. The van der Waals surface area contributed by atoms with Crippen molar-refractivity contribution in [1.82, 2.24) is 0 Å². The number of ketones is 2. The lowest BCUT2D eigenvalue weighted by molar-refractivity contribution is -0.118. The second-order valence-electron chi connectivity index (χ2n) is 11.4. The lowest BCUT2D eigenvalue weighted by Gasteiger charge is -2.39. The van der Waals surface area contributed by atoms with Crippen molar-refractivity contribution in [2.45, 2.75) is 43.4 Å². The van der Waals surface area contributed by atoms with Gasteiger partial charge in [-0.25, -0.2) is 0 Å². The van der Waals surface area contributed by atoms with Crippen LogP contribution in [0.2, 0.25) is 0 Å². The molecule has 1 heterocycles. The number of phenolic OH excluding ortho intramolecular Hbond substituents is 1. The van der Waals surface area contributed by atoms with E-state index in [1.165, 1.54) is 13.2 Å². The third-order valence-electron chi connectivity index (χ3n) is 9.05. The molecule has 0 bridgehead atoms. The second-order valence-corrected chi connectivity index (χ2v) is 11.4. The van der Waals surface area contributed by atoms with Crippen molar-refractivity contribution in [1.29, 1.82) is 0 Å². The number of allylic oxidation sites excluding steroid dienone is 4. The van der Waals surface area contributed by atoms with Gasteiger partial charge in [0.15, 0.2) is 46.1 Å². The summed E-state index contributed by atoms with van der Waals surface area (Å²) in [6.45, 7) is 0. The molecule has 3 aromatic rings. The third kappa shape index (κ3) is 5.36. The van der Waals surface area contributed by atoms with E-state index < -0.39 is 5.92 Å². The SMILES string of the molecule is COc1cc(C2C3=C(CC(c4ccc(OC)c(OC)c4)CC3=O)OC3=C2C(=O)CC(c2ccc(OC)c(OC)c2)C3)ccc1O. The number of ether oxygens (including phenoxy) is 6. The van der Waals surface area contributed by atoms with Crippen LogP contribution in [0.1, 0.15) is 60.1 Å². The summed E-state index contributed by atoms with van der Waals surface area (Å²) in [6.07, 6.45) is 1.42. The minimum absolute atomic E-state index is 0.0244.